The molecular weight excluding hydrogens is 732 g/mol. The fourth-order valence-corrected chi connectivity index (χ4v) is 4.57. The number of nitrogens with zero attached hydrogens (tertiary/aromatic N) is 2. The number of Topliss-reactive ketones (excluding diaryl/α,β-unsaturated/α-hetero) is 1. The fraction of sp³-hybridized carbons (Fsp3) is 0.192. The Bertz CT molecular complexity index is 1170. The van der Waals surface area contributed by atoms with Gasteiger partial charge < -0.3 is 14.5 Å². The lowest BCUT2D eigenvalue weighted by atomic mass is 10.1. The molecule has 3 aromatic carbocycles. The average Bonchev–Trinajstić information content (AvgIpc) is 3.25. The standard InChI is InChI=1S/C26H22Cl3IN2O2.HI/c27-21-6-1-19(2-7-21)26(34-16-20-3-8-22(28)13-24(20)29)15-32-12-11-31(17-32)14-25(33)18-4-9-23(30)10-5-18;/h1-13,26H,14-17H2;1H. The highest BCUT2D eigenvalue weighted by Crippen LogP contribution is 2.27. The summed E-state index contributed by atoms with van der Waals surface area (Å²) < 4.78 is 7.41. The second kappa shape index (κ2) is 13.5. The molecule has 0 N–H and O–H groups in total. The molecule has 1 aliphatic heterocycles. The van der Waals surface area contributed by atoms with Gasteiger partial charge >= 0.3 is 0 Å². The monoisotopic (exact) mass is 754 g/mol. The number of carbonyl (C=O) groups is 1. The van der Waals surface area contributed by atoms with Crippen LogP contribution in [0.15, 0.2) is 79.1 Å². The van der Waals surface area contributed by atoms with E-state index >= 15 is 0 Å². The summed E-state index contributed by atoms with van der Waals surface area (Å²) in [4.78, 5) is 16.8. The zero-order valence-electron chi connectivity index (χ0n) is 18.5. The average molecular weight is 756 g/mol. The quantitative estimate of drug-likeness (QED) is 0.164. The van der Waals surface area contributed by atoms with E-state index in [2.05, 4.69) is 27.5 Å². The molecule has 0 spiro atoms. The van der Waals surface area contributed by atoms with Gasteiger partial charge in [-0.15, -0.1) is 24.0 Å². The Labute approximate surface area is 251 Å². The Kier molecular flexibility index (Phi) is 11.0. The third-order valence-electron chi connectivity index (χ3n) is 5.46. The molecule has 0 bridgehead atoms. The van der Waals surface area contributed by atoms with Gasteiger partial charge in [0.05, 0.1) is 19.8 Å². The molecular formula is C26H23Cl3I2N2O2. The lowest BCUT2D eigenvalue weighted by molar-refractivity contribution is 0.0197. The van der Waals surface area contributed by atoms with E-state index in [1.165, 1.54) is 0 Å². The molecule has 184 valence electrons. The van der Waals surface area contributed by atoms with Gasteiger partial charge in [-0.1, -0.05) is 65.1 Å². The third kappa shape index (κ3) is 8.23. The van der Waals surface area contributed by atoms with Crippen molar-refractivity contribution in [2.75, 3.05) is 19.8 Å². The van der Waals surface area contributed by atoms with Gasteiger partial charge in [0.2, 0.25) is 0 Å². The van der Waals surface area contributed by atoms with Gasteiger partial charge in [0.15, 0.2) is 5.78 Å². The van der Waals surface area contributed by atoms with Gasteiger partial charge in [0.25, 0.3) is 0 Å². The minimum absolute atomic E-state index is 0. The second-order valence-corrected chi connectivity index (χ2v) is 10.5. The zero-order valence-corrected chi connectivity index (χ0v) is 25.3. The normalized spacial score (nSPS) is 13.6. The van der Waals surface area contributed by atoms with E-state index in [9.17, 15) is 4.79 Å². The van der Waals surface area contributed by atoms with Crippen molar-refractivity contribution in [3.8, 4) is 0 Å². The number of hydrogen-bond acceptors (Lipinski definition) is 4. The number of halogens is 5. The number of benzene rings is 3. The summed E-state index contributed by atoms with van der Waals surface area (Å²) in [6.07, 6.45) is 3.71. The fourth-order valence-electron chi connectivity index (χ4n) is 3.62. The van der Waals surface area contributed by atoms with Crippen LogP contribution in [0.25, 0.3) is 0 Å². The van der Waals surface area contributed by atoms with Crippen molar-refractivity contribution >= 4 is 87.2 Å². The molecule has 35 heavy (non-hydrogen) atoms. The molecule has 0 aromatic heterocycles. The van der Waals surface area contributed by atoms with E-state index in [4.69, 9.17) is 39.5 Å². The smallest absolute Gasteiger partial charge is 0.182 e. The maximum absolute atomic E-state index is 12.7. The van der Waals surface area contributed by atoms with E-state index in [0.29, 0.717) is 41.4 Å². The van der Waals surface area contributed by atoms with Gasteiger partial charge in [-0.25, -0.2) is 0 Å². The van der Waals surface area contributed by atoms with Crippen molar-refractivity contribution < 1.29 is 9.53 Å². The topological polar surface area (TPSA) is 32.8 Å². The molecule has 0 amide bonds. The Balaban J connectivity index is 0.00000342. The Morgan fingerprint density at radius 3 is 2.26 bits per heavy atom. The van der Waals surface area contributed by atoms with Crippen molar-refractivity contribution in [1.29, 1.82) is 0 Å². The van der Waals surface area contributed by atoms with Crippen LogP contribution in [0.2, 0.25) is 15.1 Å². The summed E-state index contributed by atoms with van der Waals surface area (Å²) >= 11 is 20.7. The third-order valence-corrected chi connectivity index (χ3v) is 7.02. The Hall–Kier alpha value is -1.04. The number of hydrogen-bond donors (Lipinski definition) is 0. The number of carbonyl (C=O) groups excluding carboxylic acids is 1. The minimum atomic E-state index is -0.222. The van der Waals surface area contributed by atoms with Gasteiger partial charge in [-0.3, -0.25) is 4.79 Å². The number of ketones is 1. The first kappa shape index (κ1) is 28.5. The van der Waals surface area contributed by atoms with Crippen LogP contribution in [0.4, 0.5) is 0 Å². The predicted molar refractivity (Wildman–Crippen MR) is 162 cm³/mol. The van der Waals surface area contributed by atoms with Crippen molar-refractivity contribution in [2.24, 2.45) is 0 Å². The highest BCUT2D eigenvalue weighted by molar-refractivity contribution is 14.1. The maximum atomic E-state index is 12.7. The summed E-state index contributed by atoms with van der Waals surface area (Å²) in [6.45, 7) is 1.87. The van der Waals surface area contributed by atoms with Crippen molar-refractivity contribution in [1.82, 2.24) is 9.80 Å². The SMILES string of the molecule is I.O=C(CN1C=CN(CC(OCc2ccc(Cl)cc2Cl)c2ccc(Cl)cc2)C1)c1ccc(I)cc1. The predicted octanol–water partition coefficient (Wildman–Crippen LogP) is 8.06. The van der Waals surface area contributed by atoms with Gasteiger partial charge in [0.1, 0.15) is 6.10 Å². The number of ether oxygens (including phenoxy) is 1. The molecule has 1 unspecified atom stereocenters. The highest BCUT2D eigenvalue weighted by Gasteiger charge is 2.21. The lowest BCUT2D eigenvalue weighted by Gasteiger charge is -2.26. The molecule has 0 saturated heterocycles. The van der Waals surface area contributed by atoms with Crippen LogP contribution in [-0.2, 0) is 11.3 Å². The summed E-state index contributed by atoms with van der Waals surface area (Å²) in [5.74, 6) is 0.0887. The Morgan fingerprint density at radius 2 is 1.57 bits per heavy atom. The molecule has 9 heteroatoms. The molecule has 3 aromatic rings. The van der Waals surface area contributed by atoms with Crippen molar-refractivity contribution in [2.45, 2.75) is 12.7 Å². The lowest BCUT2D eigenvalue weighted by Crippen LogP contribution is -2.32. The van der Waals surface area contributed by atoms with Crippen molar-refractivity contribution in [3.63, 3.8) is 0 Å². The van der Waals surface area contributed by atoms with Crippen LogP contribution in [0.1, 0.15) is 27.6 Å². The van der Waals surface area contributed by atoms with Crippen LogP contribution >= 0.6 is 81.4 Å². The van der Waals surface area contributed by atoms with E-state index in [1.54, 1.807) is 12.1 Å². The maximum Gasteiger partial charge on any atom is 0.182 e. The van der Waals surface area contributed by atoms with Crippen LogP contribution < -0.4 is 0 Å². The van der Waals surface area contributed by atoms with Gasteiger partial charge in [-0.2, -0.15) is 0 Å². The molecule has 1 aliphatic rings. The van der Waals surface area contributed by atoms with Crippen molar-refractivity contribution in [3.05, 3.63) is 114 Å². The van der Waals surface area contributed by atoms with Crippen LogP contribution in [0, 0.1) is 3.57 Å². The van der Waals surface area contributed by atoms with E-state index in [1.807, 2.05) is 71.9 Å². The molecule has 4 rings (SSSR count). The van der Waals surface area contributed by atoms with Gasteiger partial charge in [0, 0.05) is 43.1 Å². The molecule has 0 fully saturated rings. The van der Waals surface area contributed by atoms with Crippen LogP contribution in [0.3, 0.4) is 0 Å². The van der Waals surface area contributed by atoms with E-state index in [-0.39, 0.29) is 35.9 Å². The molecule has 0 radical (unpaired) electrons. The van der Waals surface area contributed by atoms with Gasteiger partial charge in [-0.05, 0) is 70.1 Å². The summed E-state index contributed by atoms with van der Waals surface area (Å²) in [5, 5.41) is 1.83. The first-order valence-corrected chi connectivity index (χ1v) is 12.8. The summed E-state index contributed by atoms with van der Waals surface area (Å²) in [7, 11) is 0. The van der Waals surface area contributed by atoms with Crippen LogP contribution in [0.5, 0.6) is 0 Å². The van der Waals surface area contributed by atoms with E-state index in [0.717, 1.165) is 20.3 Å². The largest absolute Gasteiger partial charge is 0.367 e. The Morgan fingerprint density at radius 1 is 0.914 bits per heavy atom. The minimum Gasteiger partial charge on any atom is -0.367 e. The molecule has 4 nitrogen and oxygen atoms in total. The zero-order chi connectivity index (χ0) is 24.1. The molecule has 0 saturated carbocycles. The molecule has 1 heterocycles. The molecule has 0 aliphatic carbocycles. The highest BCUT2D eigenvalue weighted by atomic mass is 127. The molecule has 1 atom stereocenters. The second-order valence-electron chi connectivity index (χ2n) is 7.97. The first-order valence-electron chi connectivity index (χ1n) is 10.6. The number of rotatable bonds is 9. The first-order chi connectivity index (χ1) is 16.4. The summed E-state index contributed by atoms with van der Waals surface area (Å²) in [5.41, 5.74) is 2.59. The summed E-state index contributed by atoms with van der Waals surface area (Å²) in [6, 6.07) is 20.7. The van der Waals surface area contributed by atoms with E-state index < -0.39 is 0 Å². The van der Waals surface area contributed by atoms with Crippen LogP contribution in [-0.4, -0.2) is 35.3 Å².